The Kier molecular flexibility index (Phi) is 10.4. The van der Waals surface area contributed by atoms with E-state index in [2.05, 4.69) is 5.32 Å². The molecule has 2 aromatic rings. The van der Waals surface area contributed by atoms with Crippen LogP contribution in [-0.4, -0.2) is 49.0 Å². The third-order valence-electron chi connectivity index (χ3n) is 6.49. The number of hydrogen-bond donors (Lipinski definition) is 3. The molecule has 1 heterocycles. The molecule has 0 fully saturated rings. The molecule has 1 amide bonds. The van der Waals surface area contributed by atoms with Gasteiger partial charge in [-0.2, -0.15) is 0 Å². The average molecular weight is 582 g/mol. The Morgan fingerprint density at radius 3 is 2.63 bits per heavy atom. The summed E-state index contributed by atoms with van der Waals surface area (Å²) in [5, 5.41) is 23.1. The molecule has 41 heavy (non-hydrogen) atoms. The van der Waals surface area contributed by atoms with Crippen molar-refractivity contribution in [1.82, 2.24) is 5.32 Å². The van der Waals surface area contributed by atoms with Crippen LogP contribution in [0.5, 0.6) is 11.5 Å². The Bertz CT molecular complexity index is 1550. The summed E-state index contributed by atoms with van der Waals surface area (Å²) in [7, 11) is 1.50. The molecule has 0 radical (unpaired) electrons. The van der Waals surface area contributed by atoms with E-state index in [1.54, 1.807) is 37.4 Å². The van der Waals surface area contributed by atoms with E-state index in [1.165, 1.54) is 31.2 Å². The number of phenols is 1. The van der Waals surface area contributed by atoms with Gasteiger partial charge in [0.15, 0.2) is 14.5 Å². The lowest BCUT2D eigenvalue weighted by molar-refractivity contribution is -0.131. The number of phenolic OH excluding ortho intramolecular Hbond substituents is 1. The van der Waals surface area contributed by atoms with E-state index in [1.807, 2.05) is 0 Å². The summed E-state index contributed by atoms with van der Waals surface area (Å²) in [5.41, 5.74) is 2.01. The lowest BCUT2D eigenvalue weighted by Gasteiger charge is -2.18. The van der Waals surface area contributed by atoms with Crippen molar-refractivity contribution in [3.05, 3.63) is 70.4 Å². The van der Waals surface area contributed by atoms with Gasteiger partial charge in [0.25, 0.3) is 5.91 Å². The first-order chi connectivity index (χ1) is 19.8. The predicted octanol–water partition coefficient (Wildman–Crippen LogP) is 4.88. The van der Waals surface area contributed by atoms with Gasteiger partial charge in [0, 0.05) is 72.9 Å². The fourth-order valence-corrected chi connectivity index (χ4v) is 4.98. The number of hydrogen-bond acceptors (Lipinski definition) is 9. The largest absolute Gasteiger partial charge is 0.508 e. The summed E-state index contributed by atoms with van der Waals surface area (Å²) in [6.07, 6.45) is 2.26. The molecule has 2 atom stereocenters. The number of benzene rings is 3. The van der Waals surface area contributed by atoms with E-state index in [0.29, 0.717) is 52.8 Å². The van der Waals surface area contributed by atoms with E-state index in [4.69, 9.17) is 18.2 Å². The number of esters is 1. The van der Waals surface area contributed by atoms with Crippen LogP contribution < -0.4 is 15.5 Å². The summed E-state index contributed by atoms with van der Waals surface area (Å²) < 4.78 is 21.7. The summed E-state index contributed by atoms with van der Waals surface area (Å²) in [5.74, 6) is -0.348. The van der Waals surface area contributed by atoms with Gasteiger partial charge in [0.1, 0.15) is 22.8 Å². The minimum absolute atomic E-state index is 0.00610. The number of unbranched alkanes of at least 4 members (excludes halogenated alkanes) is 1. The minimum atomic E-state index is -0.536. The zero-order valence-corrected chi connectivity index (χ0v) is 23.8. The van der Waals surface area contributed by atoms with Gasteiger partial charge in [-0.3, -0.25) is 14.4 Å². The summed E-state index contributed by atoms with van der Waals surface area (Å²) in [4.78, 5) is 37.2. The molecular weight excluding hydrogens is 549 g/mol. The number of aliphatic hydroxyl groups is 1. The van der Waals surface area contributed by atoms with Crippen LogP contribution >= 0.6 is 9.03 Å². The Hall–Kier alpha value is -3.82. The van der Waals surface area contributed by atoms with Crippen LogP contribution in [0.25, 0.3) is 33.4 Å². The van der Waals surface area contributed by atoms with Gasteiger partial charge in [-0.1, -0.05) is 6.42 Å². The molecule has 2 unspecified atom stereocenters. The number of fused-ring (bicyclic) bond motifs is 2. The van der Waals surface area contributed by atoms with Gasteiger partial charge < -0.3 is 33.7 Å². The topological polar surface area (TPSA) is 145 Å². The molecule has 0 spiro atoms. The molecule has 0 saturated heterocycles. The van der Waals surface area contributed by atoms with E-state index < -0.39 is 5.97 Å². The predicted molar refractivity (Wildman–Crippen MR) is 156 cm³/mol. The Morgan fingerprint density at radius 2 is 1.88 bits per heavy atom. The summed E-state index contributed by atoms with van der Waals surface area (Å²) in [6.45, 7) is 2.15. The maximum absolute atomic E-state index is 13.1. The monoisotopic (exact) mass is 581 g/mol. The van der Waals surface area contributed by atoms with Gasteiger partial charge in [0.2, 0.25) is 0 Å². The smallest absolute Gasteiger partial charge is 0.308 e. The number of carbonyl (C=O) groups excluding carboxylic acids is 2. The number of rotatable bonds is 13. The van der Waals surface area contributed by atoms with Crippen LogP contribution in [0.4, 0.5) is 0 Å². The van der Waals surface area contributed by atoms with Crippen molar-refractivity contribution in [2.75, 3.05) is 26.9 Å². The molecular formula is C30H32NO9P. The Balaban J connectivity index is 1.61. The second-order valence-corrected chi connectivity index (χ2v) is 10.4. The molecule has 4 rings (SSSR count). The highest BCUT2D eigenvalue weighted by Gasteiger charge is 2.22. The average Bonchev–Trinajstić information content (AvgIpc) is 2.94. The van der Waals surface area contributed by atoms with E-state index in [9.17, 15) is 24.6 Å². The van der Waals surface area contributed by atoms with Crippen molar-refractivity contribution in [1.29, 1.82) is 0 Å². The van der Waals surface area contributed by atoms with Gasteiger partial charge in [0.05, 0.1) is 6.61 Å². The van der Waals surface area contributed by atoms with Gasteiger partial charge in [-0.25, -0.2) is 0 Å². The van der Waals surface area contributed by atoms with Crippen molar-refractivity contribution in [2.45, 2.75) is 26.2 Å². The molecule has 1 aliphatic heterocycles. The van der Waals surface area contributed by atoms with Gasteiger partial charge >= 0.3 is 5.97 Å². The van der Waals surface area contributed by atoms with Crippen molar-refractivity contribution < 1.29 is 38.0 Å². The Labute approximate surface area is 238 Å². The molecule has 2 aliphatic rings. The summed E-state index contributed by atoms with van der Waals surface area (Å²) in [6, 6.07) is 13.7. The minimum Gasteiger partial charge on any atom is -0.508 e. The van der Waals surface area contributed by atoms with E-state index >= 15 is 0 Å². The number of aliphatic hydroxyl groups excluding tert-OH is 1. The molecule has 11 heteroatoms. The van der Waals surface area contributed by atoms with E-state index in [0.717, 1.165) is 12.8 Å². The van der Waals surface area contributed by atoms with Crippen LogP contribution in [0.1, 0.15) is 36.5 Å². The van der Waals surface area contributed by atoms with Crippen molar-refractivity contribution in [3.8, 4) is 33.9 Å². The van der Waals surface area contributed by atoms with Crippen LogP contribution in [0, 0.1) is 5.92 Å². The maximum atomic E-state index is 13.1. The summed E-state index contributed by atoms with van der Waals surface area (Å²) >= 11 is 0. The second-order valence-electron chi connectivity index (χ2n) is 9.52. The van der Waals surface area contributed by atoms with Gasteiger partial charge in [-0.15, -0.1) is 0 Å². The fraction of sp³-hybridized carbons (Fsp3) is 0.300. The first kappa shape index (κ1) is 30.1. The highest BCUT2D eigenvalue weighted by Crippen LogP contribution is 2.44. The quantitative estimate of drug-likeness (QED) is 0.0662. The SMILES string of the molecule is COPOCC(CO)CCCCNC(=O)c1ccc(OC(C)=O)c(-c2c3ccc(=O)cc-3oc3cc(O)ccc23)c1. The lowest BCUT2D eigenvalue weighted by Crippen LogP contribution is -2.24. The van der Waals surface area contributed by atoms with Gasteiger partial charge in [-0.05, 0) is 55.3 Å². The fourth-order valence-electron chi connectivity index (χ4n) is 4.56. The number of amides is 1. The number of carbonyl (C=O) groups is 2. The normalized spacial score (nSPS) is 12.3. The number of aromatic hydroxyl groups is 1. The number of ether oxygens (including phenoxy) is 1. The molecule has 2 aromatic carbocycles. The second kappa shape index (κ2) is 14.2. The molecule has 216 valence electrons. The lowest BCUT2D eigenvalue weighted by atomic mass is 9.92. The first-order valence-electron chi connectivity index (χ1n) is 13.1. The van der Waals surface area contributed by atoms with Crippen LogP contribution in [0.2, 0.25) is 0 Å². The highest BCUT2D eigenvalue weighted by molar-refractivity contribution is 7.26. The zero-order valence-electron chi connectivity index (χ0n) is 22.8. The zero-order chi connectivity index (χ0) is 29.4. The highest BCUT2D eigenvalue weighted by atomic mass is 31.1. The molecule has 0 bridgehead atoms. The molecule has 3 N–H and O–H groups in total. The van der Waals surface area contributed by atoms with Crippen molar-refractivity contribution in [3.63, 3.8) is 0 Å². The maximum Gasteiger partial charge on any atom is 0.308 e. The van der Waals surface area contributed by atoms with Crippen LogP contribution in [0.15, 0.2) is 63.8 Å². The van der Waals surface area contributed by atoms with Crippen LogP contribution in [0.3, 0.4) is 0 Å². The van der Waals surface area contributed by atoms with Crippen molar-refractivity contribution >= 4 is 31.9 Å². The third-order valence-corrected chi connectivity index (χ3v) is 6.94. The van der Waals surface area contributed by atoms with Crippen LogP contribution in [-0.2, 0) is 13.8 Å². The Morgan fingerprint density at radius 1 is 1.05 bits per heavy atom. The molecule has 10 nitrogen and oxygen atoms in total. The van der Waals surface area contributed by atoms with Crippen molar-refractivity contribution in [2.24, 2.45) is 5.92 Å². The molecule has 0 saturated carbocycles. The standard InChI is InChI=1S/C30H32NO9P/c1-18(33)39-26-11-6-20(30(36)31-12-4-3-5-19(16-32)17-38-41-37-2)13-25(26)29-23-9-7-21(34)14-27(23)40-28-15-22(35)8-10-24(28)29/h6-11,13-15,19,32,34,41H,3-5,12,16-17H2,1-2H3,(H,31,36). The third kappa shape index (κ3) is 7.68. The van der Waals surface area contributed by atoms with E-state index in [-0.39, 0.29) is 50.2 Å². The molecule has 0 aromatic heterocycles. The number of nitrogens with one attached hydrogen (secondary N) is 1. The first-order valence-corrected chi connectivity index (χ1v) is 13.9. The molecule has 1 aliphatic carbocycles.